The molecule has 0 N–H and O–H groups in total. The SMILES string of the molecule is COC1SN=C(Cl)C1=O. The third kappa shape index (κ3) is 1.26. The number of methoxy groups -OCH3 is 1. The molecule has 0 aromatic carbocycles. The Bertz CT molecular complexity index is 170. The van der Waals surface area contributed by atoms with E-state index in [-0.39, 0.29) is 11.0 Å². The number of ketones is 1. The summed E-state index contributed by atoms with van der Waals surface area (Å²) in [5, 5.41) is 0.0202. The zero-order valence-corrected chi connectivity index (χ0v) is 6.20. The molecule has 0 aromatic rings. The Kier molecular flexibility index (Phi) is 2.10. The lowest BCUT2D eigenvalue weighted by Gasteiger charge is -1.99. The van der Waals surface area contributed by atoms with E-state index < -0.39 is 5.44 Å². The molecule has 1 rings (SSSR count). The lowest BCUT2D eigenvalue weighted by Crippen LogP contribution is -2.18. The number of ether oxygens (including phenoxy) is 1. The van der Waals surface area contributed by atoms with Crippen molar-refractivity contribution in [1.29, 1.82) is 0 Å². The van der Waals surface area contributed by atoms with Crippen LogP contribution in [0.4, 0.5) is 0 Å². The summed E-state index contributed by atoms with van der Waals surface area (Å²) < 4.78 is 8.30. The maximum atomic E-state index is 10.7. The second kappa shape index (κ2) is 2.68. The fourth-order valence-electron chi connectivity index (χ4n) is 0.434. The summed E-state index contributed by atoms with van der Waals surface area (Å²) >= 11 is 6.38. The van der Waals surface area contributed by atoms with Crippen molar-refractivity contribution in [3.63, 3.8) is 0 Å². The molecule has 0 amide bonds. The molecule has 50 valence electrons. The summed E-state index contributed by atoms with van der Waals surface area (Å²) in [5.74, 6) is -0.246. The van der Waals surface area contributed by atoms with E-state index in [2.05, 4.69) is 4.40 Å². The smallest absolute Gasteiger partial charge is 0.234 e. The number of nitrogens with zero attached hydrogens (tertiary/aromatic N) is 1. The largest absolute Gasteiger partial charge is 0.361 e. The van der Waals surface area contributed by atoms with Crippen LogP contribution in [0, 0.1) is 0 Å². The first-order valence-electron chi connectivity index (χ1n) is 2.22. The summed E-state index contributed by atoms with van der Waals surface area (Å²) in [6.45, 7) is 0. The van der Waals surface area contributed by atoms with Gasteiger partial charge in [-0.25, -0.2) is 0 Å². The lowest BCUT2D eigenvalue weighted by atomic mass is 10.4. The Morgan fingerprint density at radius 2 is 2.56 bits per heavy atom. The van der Waals surface area contributed by atoms with Crippen molar-refractivity contribution < 1.29 is 9.53 Å². The second-order valence-electron chi connectivity index (χ2n) is 1.42. The number of hydrogen-bond donors (Lipinski definition) is 0. The zero-order valence-electron chi connectivity index (χ0n) is 4.63. The van der Waals surface area contributed by atoms with Crippen molar-refractivity contribution in [2.24, 2.45) is 4.40 Å². The van der Waals surface area contributed by atoms with Crippen LogP contribution in [0.15, 0.2) is 4.40 Å². The molecule has 5 heteroatoms. The quantitative estimate of drug-likeness (QED) is 0.541. The van der Waals surface area contributed by atoms with Gasteiger partial charge in [0.1, 0.15) is 0 Å². The molecule has 1 aliphatic rings. The molecule has 9 heavy (non-hydrogen) atoms. The van der Waals surface area contributed by atoms with Crippen molar-refractivity contribution in [3.8, 4) is 0 Å². The molecule has 0 saturated heterocycles. The maximum absolute atomic E-state index is 10.7. The summed E-state index contributed by atoms with van der Waals surface area (Å²) in [6.07, 6.45) is 0. The van der Waals surface area contributed by atoms with E-state index in [1.807, 2.05) is 0 Å². The summed E-state index contributed by atoms with van der Waals surface area (Å²) in [7, 11) is 1.45. The highest BCUT2D eigenvalue weighted by atomic mass is 35.5. The fourth-order valence-corrected chi connectivity index (χ4v) is 1.29. The van der Waals surface area contributed by atoms with Gasteiger partial charge in [-0.3, -0.25) is 4.79 Å². The molecule has 0 aliphatic carbocycles. The van der Waals surface area contributed by atoms with E-state index in [1.165, 1.54) is 7.11 Å². The zero-order chi connectivity index (χ0) is 6.85. The first kappa shape index (κ1) is 7.05. The van der Waals surface area contributed by atoms with Crippen LogP contribution in [-0.2, 0) is 9.53 Å². The van der Waals surface area contributed by atoms with Crippen molar-refractivity contribution in [3.05, 3.63) is 0 Å². The van der Waals surface area contributed by atoms with Gasteiger partial charge in [0.2, 0.25) is 5.78 Å². The van der Waals surface area contributed by atoms with Gasteiger partial charge in [0.25, 0.3) is 0 Å². The maximum Gasteiger partial charge on any atom is 0.234 e. The molecule has 1 unspecified atom stereocenters. The Morgan fingerprint density at radius 3 is 2.78 bits per heavy atom. The van der Waals surface area contributed by atoms with Crippen molar-refractivity contribution in [1.82, 2.24) is 0 Å². The second-order valence-corrected chi connectivity index (χ2v) is 2.60. The minimum atomic E-state index is -0.516. The van der Waals surface area contributed by atoms with E-state index in [4.69, 9.17) is 16.3 Å². The van der Waals surface area contributed by atoms with Gasteiger partial charge in [0.05, 0.1) is 0 Å². The molecule has 1 atom stereocenters. The van der Waals surface area contributed by atoms with Crippen LogP contribution in [-0.4, -0.2) is 23.5 Å². The van der Waals surface area contributed by atoms with Crippen molar-refractivity contribution in [2.45, 2.75) is 5.44 Å². The summed E-state index contributed by atoms with van der Waals surface area (Å²) in [5.41, 5.74) is -0.516. The van der Waals surface area contributed by atoms with Crippen LogP contribution < -0.4 is 0 Å². The van der Waals surface area contributed by atoms with Gasteiger partial charge < -0.3 is 4.74 Å². The summed E-state index contributed by atoms with van der Waals surface area (Å²) in [4.78, 5) is 10.7. The first-order valence-corrected chi connectivity index (χ1v) is 3.43. The number of carbonyl (C=O) groups excluding carboxylic acids is 1. The van der Waals surface area contributed by atoms with E-state index in [9.17, 15) is 4.79 Å². The number of halogens is 1. The average molecular weight is 166 g/mol. The van der Waals surface area contributed by atoms with Crippen molar-refractivity contribution in [2.75, 3.05) is 7.11 Å². The lowest BCUT2D eigenvalue weighted by molar-refractivity contribution is -0.117. The Labute approximate surface area is 61.6 Å². The molecule has 0 aromatic heterocycles. The molecule has 0 fully saturated rings. The Hall–Kier alpha value is -0.0600. The van der Waals surface area contributed by atoms with Gasteiger partial charge in [0, 0.05) is 19.1 Å². The number of carbonyl (C=O) groups is 1. The van der Waals surface area contributed by atoms with E-state index in [1.54, 1.807) is 0 Å². The highest BCUT2D eigenvalue weighted by Crippen LogP contribution is 2.23. The molecule has 0 bridgehead atoms. The molecule has 0 spiro atoms. The molecule has 1 aliphatic heterocycles. The monoisotopic (exact) mass is 165 g/mol. The van der Waals surface area contributed by atoms with Crippen LogP contribution in [0.25, 0.3) is 0 Å². The normalized spacial score (nSPS) is 26.7. The van der Waals surface area contributed by atoms with Gasteiger partial charge in [-0.05, 0) is 0 Å². The highest BCUT2D eigenvalue weighted by molar-refractivity contribution is 8.00. The fraction of sp³-hybridized carbons (Fsp3) is 0.500. The first-order chi connectivity index (χ1) is 4.25. The molecular weight excluding hydrogens is 162 g/mol. The molecule has 0 saturated carbocycles. The molecule has 1 heterocycles. The van der Waals surface area contributed by atoms with Gasteiger partial charge in [0.15, 0.2) is 10.6 Å². The van der Waals surface area contributed by atoms with Crippen LogP contribution in [0.2, 0.25) is 0 Å². The van der Waals surface area contributed by atoms with Crippen LogP contribution in [0.5, 0.6) is 0 Å². The number of Topliss-reactive ketones (excluding diaryl/α,β-unsaturated/α-hetero) is 1. The average Bonchev–Trinajstić information content (AvgIpc) is 2.15. The standard InChI is InChI=1S/C4H4ClNO2S/c1-8-4-2(7)3(5)6-9-4/h4H,1H3. The predicted molar refractivity (Wildman–Crippen MR) is 36.7 cm³/mol. The van der Waals surface area contributed by atoms with E-state index in [0.717, 1.165) is 11.9 Å². The topological polar surface area (TPSA) is 38.7 Å². The van der Waals surface area contributed by atoms with Crippen LogP contribution >= 0.6 is 23.5 Å². The molecule has 3 nitrogen and oxygen atoms in total. The minimum absolute atomic E-state index is 0.0202. The highest BCUT2D eigenvalue weighted by Gasteiger charge is 2.28. The Morgan fingerprint density at radius 1 is 1.89 bits per heavy atom. The summed E-state index contributed by atoms with van der Waals surface area (Å²) in [6, 6.07) is 0. The van der Waals surface area contributed by atoms with Crippen molar-refractivity contribution >= 4 is 34.5 Å². The third-order valence-corrected chi connectivity index (χ3v) is 2.12. The van der Waals surface area contributed by atoms with Crippen LogP contribution in [0.1, 0.15) is 0 Å². The third-order valence-electron chi connectivity index (χ3n) is 0.860. The minimum Gasteiger partial charge on any atom is -0.361 e. The van der Waals surface area contributed by atoms with Crippen LogP contribution in [0.3, 0.4) is 0 Å². The number of rotatable bonds is 1. The number of hydrogen-bond acceptors (Lipinski definition) is 4. The van der Waals surface area contributed by atoms with Gasteiger partial charge in [-0.2, -0.15) is 4.40 Å². The van der Waals surface area contributed by atoms with Gasteiger partial charge in [-0.15, -0.1) is 0 Å². The molecule has 0 radical (unpaired) electrons. The Balaban J connectivity index is 2.62. The molecular formula is C4H4ClNO2S. The van der Waals surface area contributed by atoms with Gasteiger partial charge >= 0.3 is 0 Å². The van der Waals surface area contributed by atoms with Gasteiger partial charge in [-0.1, -0.05) is 11.6 Å². The predicted octanol–water partition coefficient (Wildman–Crippen LogP) is 0.827. The van der Waals surface area contributed by atoms with E-state index in [0.29, 0.717) is 0 Å². The van der Waals surface area contributed by atoms with E-state index >= 15 is 0 Å².